The largest absolute Gasteiger partial charge is 0.345 e. The van der Waals surface area contributed by atoms with E-state index in [1.807, 2.05) is 0 Å². The first kappa shape index (κ1) is 12.0. The van der Waals surface area contributed by atoms with Crippen LogP contribution in [-0.4, -0.2) is 7.05 Å². The van der Waals surface area contributed by atoms with Gasteiger partial charge in [0.1, 0.15) is 0 Å². The number of anilines is 1. The molecular weight excluding hydrogens is 230 g/mol. The molecule has 1 aliphatic rings. The van der Waals surface area contributed by atoms with Gasteiger partial charge in [0, 0.05) is 18.4 Å². The predicted octanol–water partition coefficient (Wildman–Crippen LogP) is 4.76. The maximum absolute atomic E-state index is 2.32. The molecule has 1 aliphatic carbocycles. The Morgan fingerprint density at radius 1 is 1.05 bits per heavy atom. The van der Waals surface area contributed by atoms with Crippen molar-refractivity contribution >= 4 is 16.5 Å². The Bertz CT molecular complexity index is 652. The Balaban J connectivity index is 1.93. The van der Waals surface area contributed by atoms with E-state index in [1.165, 1.54) is 22.2 Å². The van der Waals surface area contributed by atoms with Crippen LogP contribution in [0.4, 0.5) is 5.69 Å². The predicted molar refractivity (Wildman–Crippen MR) is 83.4 cm³/mol. The summed E-state index contributed by atoms with van der Waals surface area (Å²) < 4.78 is 0. The van der Waals surface area contributed by atoms with Gasteiger partial charge in [-0.2, -0.15) is 0 Å². The number of fused-ring (bicyclic) bond motifs is 1. The summed E-state index contributed by atoms with van der Waals surface area (Å²) in [5.41, 5.74) is 2.53. The van der Waals surface area contributed by atoms with Crippen LogP contribution in [0, 0.1) is 5.92 Å². The molecule has 0 fully saturated rings. The summed E-state index contributed by atoms with van der Waals surface area (Å²) in [4.78, 5) is 2.26. The van der Waals surface area contributed by atoms with Gasteiger partial charge >= 0.3 is 0 Å². The third-order valence-electron chi connectivity index (χ3n) is 3.80. The van der Waals surface area contributed by atoms with Crippen molar-refractivity contribution < 1.29 is 0 Å². The molecule has 0 amide bonds. The van der Waals surface area contributed by atoms with Gasteiger partial charge in [0.05, 0.1) is 0 Å². The molecule has 1 nitrogen and oxygen atoms in total. The van der Waals surface area contributed by atoms with Crippen molar-refractivity contribution in [3.8, 4) is 0 Å². The highest BCUT2D eigenvalue weighted by atomic mass is 15.1. The molecule has 0 heterocycles. The maximum Gasteiger partial charge on any atom is 0.0414 e. The van der Waals surface area contributed by atoms with Gasteiger partial charge in [-0.3, -0.25) is 0 Å². The minimum atomic E-state index is 0.661. The highest BCUT2D eigenvalue weighted by Gasteiger charge is 2.09. The average Bonchev–Trinajstić information content (AvgIpc) is 2.47. The van der Waals surface area contributed by atoms with E-state index >= 15 is 0 Å². The number of benzene rings is 2. The van der Waals surface area contributed by atoms with Crippen molar-refractivity contribution in [2.45, 2.75) is 13.3 Å². The van der Waals surface area contributed by atoms with Gasteiger partial charge in [0.25, 0.3) is 0 Å². The van der Waals surface area contributed by atoms with Crippen LogP contribution in [-0.2, 0) is 0 Å². The summed E-state index contributed by atoms with van der Waals surface area (Å²) in [5.74, 6) is 0.661. The van der Waals surface area contributed by atoms with E-state index in [-0.39, 0.29) is 0 Å². The van der Waals surface area contributed by atoms with Gasteiger partial charge in [0.15, 0.2) is 0 Å². The molecule has 1 unspecified atom stereocenters. The molecule has 19 heavy (non-hydrogen) atoms. The fourth-order valence-electron chi connectivity index (χ4n) is 2.50. The molecule has 96 valence electrons. The van der Waals surface area contributed by atoms with Crippen molar-refractivity contribution in [3.05, 3.63) is 66.4 Å². The minimum Gasteiger partial charge on any atom is -0.345 e. The van der Waals surface area contributed by atoms with Gasteiger partial charge in [-0.25, -0.2) is 0 Å². The summed E-state index contributed by atoms with van der Waals surface area (Å²) in [6.07, 6.45) is 7.96. The zero-order chi connectivity index (χ0) is 13.2. The number of hydrogen-bond acceptors (Lipinski definition) is 1. The Hall–Kier alpha value is -2.02. The average molecular weight is 249 g/mol. The molecule has 0 aromatic heterocycles. The van der Waals surface area contributed by atoms with Gasteiger partial charge in [-0.05, 0) is 41.3 Å². The van der Waals surface area contributed by atoms with Gasteiger partial charge in [-0.15, -0.1) is 0 Å². The van der Waals surface area contributed by atoms with Gasteiger partial charge < -0.3 is 4.90 Å². The fourth-order valence-corrected chi connectivity index (χ4v) is 2.50. The van der Waals surface area contributed by atoms with Crippen molar-refractivity contribution in [2.75, 3.05) is 11.9 Å². The first-order valence-corrected chi connectivity index (χ1v) is 6.85. The fraction of sp³-hybridized carbons (Fsp3) is 0.222. The zero-order valence-corrected chi connectivity index (χ0v) is 11.5. The Labute approximate surface area is 114 Å². The van der Waals surface area contributed by atoms with E-state index in [1.54, 1.807) is 0 Å². The maximum atomic E-state index is 2.32. The monoisotopic (exact) mass is 249 g/mol. The Kier molecular flexibility index (Phi) is 3.12. The molecule has 0 N–H and O–H groups in total. The van der Waals surface area contributed by atoms with E-state index in [2.05, 4.69) is 79.6 Å². The van der Waals surface area contributed by atoms with E-state index in [0.29, 0.717) is 5.92 Å². The first-order valence-electron chi connectivity index (χ1n) is 6.85. The quantitative estimate of drug-likeness (QED) is 0.742. The lowest BCUT2D eigenvalue weighted by Crippen LogP contribution is -2.16. The van der Waals surface area contributed by atoms with E-state index in [0.717, 1.165) is 6.42 Å². The van der Waals surface area contributed by atoms with E-state index < -0.39 is 0 Å². The second-order valence-electron chi connectivity index (χ2n) is 5.29. The highest BCUT2D eigenvalue weighted by Crippen LogP contribution is 2.26. The third-order valence-corrected chi connectivity index (χ3v) is 3.80. The smallest absolute Gasteiger partial charge is 0.0414 e. The number of rotatable bonds is 2. The molecule has 0 saturated heterocycles. The van der Waals surface area contributed by atoms with Crippen molar-refractivity contribution in [1.82, 2.24) is 0 Å². The van der Waals surface area contributed by atoms with Crippen molar-refractivity contribution in [3.63, 3.8) is 0 Å². The van der Waals surface area contributed by atoms with Crippen LogP contribution in [0.15, 0.2) is 66.4 Å². The van der Waals surface area contributed by atoms with E-state index in [4.69, 9.17) is 0 Å². The third kappa shape index (κ3) is 2.41. The summed E-state index contributed by atoms with van der Waals surface area (Å²) in [7, 11) is 2.14. The topological polar surface area (TPSA) is 3.24 Å². The summed E-state index contributed by atoms with van der Waals surface area (Å²) >= 11 is 0. The zero-order valence-electron chi connectivity index (χ0n) is 11.5. The lowest BCUT2D eigenvalue weighted by molar-refractivity contribution is 0.727. The minimum absolute atomic E-state index is 0.661. The molecule has 2 aromatic rings. The number of nitrogens with zero attached hydrogens (tertiary/aromatic N) is 1. The molecule has 0 aliphatic heterocycles. The van der Waals surface area contributed by atoms with Crippen molar-refractivity contribution in [1.29, 1.82) is 0 Å². The van der Waals surface area contributed by atoms with Crippen LogP contribution in [0.1, 0.15) is 13.3 Å². The molecule has 2 aromatic carbocycles. The summed E-state index contributed by atoms with van der Waals surface area (Å²) in [5, 5.41) is 2.59. The standard InChI is InChI=1S/C18H19N/c1-14-7-10-17(11-8-14)19(2)18-12-9-15-5-3-4-6-16(15)13-18/h3-7,9-14H,8H2,1-2H3. The molecule has 0 spiro atoms. The van der Waals surface area contributed by atoms with Crippen molar-refractivity contribution in [2.24, 2.45) is 5.92 Å². The van der Waals surface area contributed by atoms with Crippen LogP contribution >= 0.6 is 0 Å². The first-order chi connectivity index (χ1) is 9.24. The molecule has 0 saturated carbocycles. The summed E-state index contributed by atoms with van der Waals surface area (Å²) in [6.45, 7) is 2.25. The molecule has 0 radical (unpaired) electrons. The lowest BCUT2D eigenvalue weighted by atomic mass is 10.0. The van der Waals surface area contributed by atoms with Crippen LogP contribution in [0.25, 0.3) is 10.8 Å². The molecule has 3 rings (SSSR count). The van der Waals surface area contributed by atoms with E-state index in [9.17, 15) is 0 Å². The Morgan fingerprint density at radius 2 is 1.84 bits per heavy atom. The van der Waals surface area contributed by atoms with Gasteiger partial charge in [-0.1, -0.05) is 49.4 Å². The molecule has 1 heteroatoms. The number of allylic oxidation sites excluding steroid dienone is 3. The number of likely N-dealkylation sites (N-methyl/N-ethyl adjacent to an activating group) is 1. The highest BCUT2D eigenvalue weighted by molar-refractivity contribution is 5.86. The van der Waals surface area contributed by atoms with Gasteiger partial charge in [0.2, 0.25) is 0 Å². The number of hydrogen-bond donors (Lipinski definition) is 0. The lowest BCUT2D eigenvalue weighted by Gasteiger charge is -2.24. The SMILES string of the molecule is CC1C=CC(N(C)c2ccc3ccccc3c2)=CC1. The Morgan fingerprint density at radius 3 is 2.58 bits per heavy atom. The second kappa shape index (κ2) is 4.93. The second-order valence-corrected chi connectivity index (χ2v) is 5.29. The summed E-state index contributed by atoms with van der Waals surface area (Å²) in [6, 6.07) is 15.1. The van der Waals surface area contributed by atoms with Crippen LogP contribution in [0.3, 0.4) is 0 Å². The molecular formula is C18H19N. The van der Waals surface area contributed by atoms with Crippen LogP contribution in [0.5, 0.6) is 0 Å². The normalized spacial score (nSPS) is 18.4. The molecule has 0 bridgehead atoms. The van der Waals surface area contributed by atoms with Crippen LogP contribution < -0.4 is 4.90 Å². The van der Waals surface area contributed by atoms with Crippen LogP contribution in [0.2, 0.25) is 0 Å². The molecule has 1 atom stereocenters.